The van der Waals surface area contributed by atoms with Crippen LogP contribution in [0.25, 0.3) is 11.0 Å². The number of ketones is 1. The average Bonchev–Trinajstić information content (AvgIpc) is 3.07. The van der Waals surface area contributed by atoms with Crippen molar-refractivity contribution >= 4 is 28.5 Å². The van der Waals surface area contributed by atoms with Crippen LogP contribution in [0.5, 0.6) is 11.5 Å². The molecule has 0 saturated heterocycles. The van der Waals surface area contributed by atoms with Crippen molar-refractivity contribution in [2.24, 2.45) is 7.05 Å². The van der Waals surface area contributed by atoms with Gasteiger partial charge in [-0.15, -0.1) is 0 Å². The highest BCUT2D eigenvalue weighted by Crippen LogP contribution is 2.44. The maximum Gasteiger partial charge on any atom is 0.458 e. The molecule has 0 aliphatic rings. The van der Waals surface area contributed by atoms with Gasteiger partial charge < -0.3 is 14.6 Å². The Morgan fingerprint density at radius 1 is 1.03 bits per heavy atom. The molecule has 4 rings (SSSR count). The van der Waals surface area contributed by atoms with Gasteiger partial charge >= 0.3 is 12.1 Å². The minimum Gasteiger partial charge on any atom is -0.457 e. The Labute approximate surface area is 196 Å². The zero-order valence-corrected chi connectivity index (χ0v) is 18.5. The fourth-order valence-electron chi connectivity index (χ4n) is 3.45. The second-order valence-electron chi connectivity index (χ2n) is 7.89. The molecule has 4 aromatic rings. The van der Waals surface area contributed by atoms with E-state index in [-0.39, 0.29) is 23.8 Å². The van der Waals surface area contributed by atoms with Gasteiger partial charge in [0, 0.05) is 43.0 Å². The van der Waals surface area contributed by atoms with E-state index in [1.807, 2.05) is 0 Å². The number of nitrogens with zero attached hydrogens (tertiary/aromatic N) is 3. The zero-order chi connectivity index (χ0) is 25.4. The number of fused-ring (bicyclic) bond motifs is 1. The first-order chi connectivity index (χ1) is 16.4. The quantitative estimate of drug-likeness (QED) is 0.309. The smallest absolute Gasteiger partial charge is 0.457 e. The Morgan fingerprint density at radius 3 is 2.49 bits per heavy atom. The minimum atomic E-state index is -5.71. The van der Waals surface area contributed by atoms with Crippen LogP contribution >= 0.6 is 0 Å². The number of imidazole rings is 1. The highest BCUT2D eigenvalue weighted by atomic mass is 19.4. The molecule has 0 spiro atoms. The van der Waals surface area contributed by atoms with Crippen LogP contribution in [0.4, 0.5) is 33.6 Å². The first-order valence-corrected chi connectivity index (χ1v) is 10.3. The standard InChI is InChI=1S/C24H19F5N4O2/c1-14(34)10-17-12-19(8-9-30-17)35-18-6-7-21-20(13-18)32-22(33(21)2)31-16-5-3-4-15(11-16)23(25,26)24(27,28)29/h3-9,11-13H,10H2,1-2H3,(H,31,32). The second-order valence-corrected chi connectivity index (χ2v) is 7.89. The van der Waals surface area contributed by atoms with Crippen molar-refractivity contribution in [3.63, 3.8) is 0 Å². The molecule has 6 nitrogen and oxygen atoms in total. The molecule has 0 radical (unpaired) electrons. The van der Waals surface area contributed by atoms with Gasteiger partial charge in [0.15, 0.2) is 0 Å². The Bertz CT molecular complexity index is 1400. The number of ether oxygens (including phenoxy) is 1. The maximum absolute atomic E-state index is 13.7. The topological polar surface area (TPSA) is 69.0 Å². The van der Waals surface area contributed by atoms with Gasteiger partial charge in [-0.2, -0.15) is 22.0 Å². The predicted molar refractivity (Wildman–Crippen MR) is 119 cm³/mol. The average molecular weight is 490 g/mol. The molecule has 0 aliphatic carbocycles. The van der Waals surface area contributed by atoms with E-state index in [2.05, 4.69) is 15.3 Å². The van der Waals surface area contributed by atoms with E-state index >= 15 is 0 Å². The lowest BCUT2D eigenvalue weighted by Gasteiger charge is -2.20. The summed E-state index contributed by atoms with van der Waals surface area (Å²) in [5.41, 5.74) is 0.590. The summed E-state index contributed by atoms with van der Waals surface area (Å²) >= 11 is 0. The maximum atomic E-state index is 13.7. The number of halogens is 5. The first kappa shape index (κ1) is 24.1. The van der Waals surface area contributed by atoms with Crippen molar-refractivity contribution in [3.8, 4) is 11.5 Å². The van der Waals surface area contributed by atoms with Crippen molar-refractivity contribution in [2.75, 3.05) is 5.32 Å². The number of alkyl halides is 5. The summed E-state index contributed by atoms with van der Waals surface area (Å²) in [4.78, 5) is 19.9. The molecule has 0 aliphatic heterocycles. The molecule has 0 unspecified atom stereocenters. The van der Waals surface area contributed by atoms with Gasteiger partial charge in [0.25, 0.3) is 0 Å². The monoisotopic (exact) mass is 490 g/mol. The van der Waals surface area contributed by atoms with E-state index in [9.17, 15) is 26.7 Å². The Kier molecular flexibility index (Phi) is 6.18. The first-order valence-electron chi connectivity index (χ1n) is 10.3. The third-order valence-electron chi connectivity index (χ3n) is 5.14. The van der Waals surface area contributed by atoms with Crippen LogP contribution < -0.4 is 10.1 Å². The van der Waals surface area contributed by atoms with Gasteiger partial charge in [0.05, 0.1) is 16.7 Å². The number of pyridine rings is 1. The van der Waals surface area contributed by atoms with Crippen molar-refractivity contribution in [1.29, 1.82) is 0 Å². The highest BCUT2D eigenvalue weighted by molar-refractivity contribution is 5.81. The largest absolute Gasteiger partial charge is 0.458 e. The van der Waals surface area contributed by atoms with E-state index in [0.717, 1.165) is 18.2 Å². The van der Waals surface area contributed by atoms with Gasteiger partial charge in [-0.05, 0) is 37.3 Å². The molecule has 35 heavy (non-hydrogen) atoms. The number of carbonyl (C=O) groups is 1. The number of hydrogen-bond donors (Lipinski definition) is 1. The van der Waals surface area contributed by atoms with Gasteiger partial charge in [0.2, 0.25) is 5.95 Å². The summed E-state index contributed by atoms with van der Waals surface area (Å²) in [6, 6.07) is 12.3. The molecule has 0 fully saturated rings. The predicted octanol–water partition coefficient (Wildman–Crippen LogP) is 6.29. The van der Waals surface area contributed by atoms with E-state index in [1.54, 1.807) is 41.9 Å². The summed E-state index contributed by atoms with van der Waals surface area (Å²) in [6.45, 7) is 1.47. The summed E-state index contributed by atoms with van der Waals surface area (Å²) in [6.07, 6.45) is -3.99. The number of Topliss-reactive ketones (excluding diaryl/α,β-unsaturated/α-hetero) is 1. The molecular weight excluding hydrogens is 471 g/mol. The molecule has 0 bridgehead atoms. The van der Waals surface area contributed by atoms with E-state index in [0.29, 0.717) is 28.2 Å². The Hall–Kier alpha value is -4.02. The summed E-state index contributed by atoms with van der Waals surface area (Å²) in [5, 5.41) is 2.79. The summed E-state index contributed by atoms with van der Waals surface area (Å²) in [7, 11) is 1.67. The molecule has 182 valence electrons. The number of rotatable bonds is 7. The number of carbonyl (C=O) groups excluding carboxylic acids is 1. The molecule has 0 saturated carbocycles. The van der Waals surface area contributed by atoms with E-state index < -0.39 is 17.7 Å². The van der Waals surface area contributed by atoms with Crippen LogP contribution in [0.2, 0.25) is 0 Å². The van der Waals surface area contributed by atoms with Crippen molar-refractivity contribution in [2.45, 2.75) is 25.4 Å². The molecule has 2 heterocycles. The summed E-state index contributed by atoms with van der Waals surface area (Å²) in [5.74, 6) is -3.85. The van der Waals surface area contributed by atoms with Crippen molar-refractivity contribution in [3.05, 3.63) is 72.1 Å². The molecule has 1 N–H and O–H groups in total. The van der Waals surface area contributed by atoms with Crippen molar-refractivity contribution in [1.82, 2.24) is 14.5 Å². The summed E-state index contributed by atoms with van der Waals surface area (Å²) < 4.78 is 73.1. The minimum absolute atomic E-state index is 0.0242. The van der Waals surface area contributed by atoms with Gasteiger partial charge in [-0.1, -0.05) is 12.1 Å². The lowest BCUT2D eigenvalue weighted by molar-refractivity contribution is -0.289. The highest BCUT2D eigenvalue weighted by Gasteiger charge is 2.58. The number of hydrogen-bond acceptors (Lipinski definition) is 5. The second kappa shape index (κ2) is 8.97. The van der Waals surface area contributed by atoms with E-state index in [4.69, 9.17) is 4.74 Å². The van der Waals surface area contributed by atoms with E-state index in [1.165, 1.54) is 19.2 Å². The number of aromatic nitrogens is 3. The van der Waals surface area contributed by atoms with Crippen LogP contribution in [-0.2, 0) is 24.2 Å². The van der Waals surface area contributed by atoms with Crippen LogP contribution in [0, 0.1) is 0 Å². The fourth-order valence-corrected chi connectivity index (χ4v) is 3.45. The SMILES string of the molecule is CC(=O)Cc1cc(Oc2ccc3c(c2)nc(Nc2cccc(C(F)(F)C(F)(F)F)c2)n3C)ccn1. The number of aryl methyl sites for hydroxylation is 1. The van der Waals surface area contributed by atoms with Crippen molar-refractivity contribution < 1.29 is 31.5 Å². The number of nitrogens with one attached hydrogen (secondary N) is 1. The molecule has 0 amide bonds. The third kappa shape index (κ3) is 5.08. The fraction of sp³-hybridized carbons (Fsp3) is 0.208. The lowest BCUT2D eigenvalue weighted by Crippen LogP contribution is -2.33. The Morgan fingerprint density at radius 2 is 1.77 bits per heavy atom. The van der Waals surface area contributed by atoms with Gasteiger partial charge in [-0.25, -0.2) is 4.98 Å². The molecule has 11 heteroatoms. The van der Waals surface area contributed by atoms with Crippen LogP contribution in [0.3, 0.4) is 0 Å². The number of anilines is 2. The van der Waals surface area contributed by atoms with Crippen LogP contribution in [0.15, 0.2) is 60.8 Å². The number of benzene rings is 2. The zero-order valence-electron chi connectivity index (χ0n) is 18.5. The van der Waals surface area contributed by atoms with Crippen LogP contribution in [-0.4, -0.2) is 26.5 Å². The lowest BCUT2D eigenvalue weighted by atomic mass is 10.1. The molecule has 2 aromatic heterocycles. The molecule has 2 aromatic carbocycles. The normalized spacial score (nSPS) is 12.1. The molecular formula is C24H19F5N4O2. The third-order valence-corrected chi connectivity index (χ3v) is 5.14. The molecule has 0 atom stereocenters. The van der Waals surface area contributed by atoms with Gasteiger partial charge in [-0.3, -0.25) is 9.78 Å². The Balaban J connectivity index is 1.58. The van der Waals surface area contributed by atoms with Gasteiger partial charge in [0.1, 0.15) is 17.3 Å². The van der Waals surface area contributed by atoms with Crippen LogP contribution in [0.1, 0.15) is 18.2 Å².